The molecule has 1 atom stereocenters. The molecule has 1 aliphatic rings. The first-order chi connectivity index (χ1) is 11.6. The van der Waals surface area contributed by atoms with Gasteiger partial charge in [0.1, 0.15) is 11.3 Å². The zero-order valence-corrected chi connectivity index (χ0v) is 14.2. The number of aromatic nitrogens is 3. The van der Waals surface area contributed by atoms with Crippen molar-refractivity contribution in [3.05, 3.63) is 35.7 Å². The molecule has 130 valence electrons. The minimum Gasteiger partial charge on any atom is -0.493 e. The van der Waals surface area contributed by atoms with Crippen LogP contribution < -0.4 is 9.47 Å². The minimum atomic E-state index is -0.944. The lowest BCUT2D eigenvalue weighted by Crippen LogP contribution is -2.45. The fourth-order valence-electron chi connectivity index (χ4n) is 3.24. The molecule has 0 spiro atoms. The number of β-amino-alcohol motifs (C(OH)–C–C–N with tert-alkyl or cyclic N) is 1. The number of nitrogens with zero attached hydrogens (tertiary/aromatic N) is 3. The molecule has 0 bridgehead atoms. The van der Waals surface area contributed by atoms with Gasteiger partial charge in [0.15, 0.2) is 11.5 Å². The van der Waals surface area contributed by atoms with Crippen molar-refractivity contribution in [3.63, 3.8) is 0 Å². The average molecular weight is 332 g/mol. The Balaban J connectivity index is 1.72. The molecule has 1 aliphatic heterocycles. The van der Waals surface area contributed by atoms with Crippen LogP contribution in [0.25, 0.3) is 0 Å². The van der Waals surface area contributed by atoms with Gasteiger partial charge in [0.2, 0.25) is 0 Å². The maximum Gasteiger partial charge on any atom is 0.161 e. The summed E-state index contributed by atoms with van der Waals surface area (Å²) in [6.07, 6.45) is 3.21. The van der Waals surface area contributed by atoms with E-state index >= 15 is 0 Å². The van der Waals surface area contributed by atoms with E-state index in [1.165, 1.54) is 0 Å². The topological polar surface area (TPSA) is 83.5 Å². The highest BCUT2D eigenvalue weighted by molar-refractivity contribution is 5.43. The molecule has 1 aromatic heterocycles. The van der Waals surface area contributed by atoms with E-state index in [4.69, 9.17) is 9.47 Å². The standard InChI is InChI=1S/C17H24N4O3/c1-3-24-15-9-13(5-6-14(15)23-2)11-21-8-4-7-17(22,12-21)16-10-18-20-19-16/h5-6,9-10,22H,3-4,7-8,11-12H2,1-2H3,(H,18,19,20). The summed E-state index contributed by atoms with van der Waals surface area (Å²) in [5, 5.41) is 21.4. The molecule has 2 aromatic rings. The fourth-order valence-corrected chi connectivity index (χ4v) is 3.24. The maximum absolute atomic E-state index is 10.9. The summed E-state index contributed by atoms with van der Waals surface area (Å²) in [5.74, 6) is 1.49. The molecule has 1 saturated heterocycles. The molecular formula is C17H24N4O3. The van der Waals surface area contributed by atoms with E-state index in [2.05, 4.69) is 20.3 Å². The third-order valence-corrected chi connectivity index (χ3v) is 4.38. The normalized spacial score (nSPS) is 21.6. The lowest BCUT2D eigenvalue weighted by molar-refractivity contribution is -0.0414. The summed E-state index contributed by atoms with van der Waals surface area (Å²) < 4.78 is 11.0. The van der Waals surface area contributed by atoms with Gasteiger partial charge in [-0.3, -0.25) is 4.90 Å². The Morgan fingerprint density at radius 3 is 2.96 bits per heavy atom. The van der Waals surface area contributed by atoms with Gasteiger partial charge in [0, 0.05) is 13.1 Å². The smallest absolute Gasteiger partial charge is 0.161 e. The van der Waals surface area contributed by atoms with E-state index in [1.54, 1.807) is 13.3 Å². The van der Waals surface area contributed by atoms with Crippen LogP contribution in [0.15, 0.2) is 24.4 Å². The van der Waals surface area contributed by atoms with E-state index in [9.17, 15) is 5.11 Å². The van der Waals surface area contributed by atoms with Gasteiger partial charge < -0.3 is 14.6 Å². The third-order valence-electron chi connectivity index (χ3n) is 4.38. The van der Waals surface area contributed by atoms with Crippen molar-refractivity contribution in [2.24, 2.45) is 0 Å². The lowest BCUT2D eigenvalue weighted by Gasteiger charge is -2.38. The predicted octanol–water partition coefficient (Wildman–Crippen LogP) is 1.70. The number of methoxy groups -OCH3 is 1. The van der Waals surface area contributed by atoms with Crippen molar-refractivity contribution in [3.8, 4) is 11.5 Å². The van der Waals surface area contributed by atoms with Crippen molar-refractivity contribution in [2.45, 2.75) is 31.9 Å². The van der Waals surface area contributed by atoms with Crippen LogP contribution in [-0.4, -0.2) is 52.2 Å². The summed E-state index contributed by atoms with van der Waals surface area (Å²) in [6.45, 7) is 4.76. The molecule has 1 aromatic carbocycles. The predicted molar refractivity (Wildman–Crippen MR) is 89.0 cm³/mol. The number of aliphatic hydroxyl groups is 1. The van der Waals surface area contributed by atoms with Gasteiger partial charge in [-0.15, -0.1) is 0 Å². The molecule has 0 aliphatic carbocycles. The molecular weight excluding hydrogens is 308 g/mol. The molecule has 3 rings (SSSR count). The molecule has 0 saturated carbocycles. The van der Waals surface area contributed by atoms with Crippen LogP contribution >= 0.6 is 0 Å². The van der Waals surface area contributed by atoms with Crippen molar-refractivity contribution in [1.29, 1.82) is 0 Å². The molecule has 7 heteroatoms. The summed E-state index contributed by atoms with van der Waals surface area (Å²) in [6, 6.07) is 5.96. The van der Waals surface area contributed by atoms with Gasteiger partial charge in [0.05, 0.1) is 19.9 Å². The van der Waals surface area contributed by atoms with Crippen LogP contribution in [0.2, 0.25) is 0 Å². The minimum absolute atomic E-state index is 0.537. The second kappa shape index (κ2) is 7.19. The van der Waals surface area contributed by atoms with Gasteiger partial charge in [-0.25, -0.2) is 0 Å². The highest BCUT2D eigenvalue weighted by Crippen LogP contribution is 2.32. The number of hydrogen-bond acceptors (Lipinski definition) is 6. The maximum atomic E-state index is 10.9. The van der Waals surface area contributed by atoms with Gasteiger partial charge >= 0.3 is 0 Å². The number of hydrogen-bond donors (Lipinski definition) is 2. The summed E-state index contributed by atoms with van der Waals surface area (Å²) >= 11 is 0. The van der Waals surface area contributed by atoms with Gasteiger partial charge in [-0.2, -0.15) is 15.4 Å². The second-order valence-electron chi connectivity index (χ2n) is 6.12. The number of piperidine rings is 1. The number of aromatic amines is 1. The number of ether oxygens (including phenoxy) is 2. The summed E-state index contributed by atoms with van der Waals surface area (Å²) in [4.78, 5) is 2.23. The van der Waals surface area contributed by atoms with E-state index in [1.807, 2.05) is 25.1 Å². The first kappa shape index (κ1) is 16.7. The molecule has 7 nitrogen and oxygen atoms in total. The van der Waals surface area contributed by atoms with Crippen LogP contribution in [0.3, 0.4) is 0 Å². The van der Waals surface area contributed by atoms with Crippen molar-refractivity contribution in [2.75, 3.05) is 26.8 Å². The Hall–Kier alpha value is -2.12. The number of benzene rings is 1. The zero-order chi connectivity index (χ0) is 17.0. The SMILES string of the molecule is CCOc1cc(CN2CCCC(O)(c3cn[nH]n3)C2)ccc1OC. The Bertz CT molecular complexity index is 662. The van der Waals surface area contributed by atoms with E-state index in [0.717, 1.165) is 36.6 Å². The van der Waals surface area contributed by atoms with Crippen LogP contribution in [-0.2, 0) is 12.1 Å². The van der Waals surface area contributed by atoms with Gasteiger partial charge in [0.25, 0.3) is 0 Å². The monoisotopic (exact) mass is 332 g/mol. The quantitative estimate of drug-likeness (QED) is 0.838. The molecule has 1 unspecified atom stereocenters. The Kier molecular flexibility index (Phi) is 5.01. The number of likely N-dealkylation sites (tertiary alicyclic amines) is 1. The molecule has 1 fully saturated rings. The van der Waals surface area contributed by atoms with Gasteiger partial charge in [-0.1, -0.05) is 6.07 Å². The Labute approximate surface area is 141 Å². The van der Waals surface area contributed by atoms with Crippen LogP contribution in [0.5, 0.6) is 11.5 Å². The Morgan fingerprint density at radius 2 is 2.25 bits per heavy atom. The van der Waals surface area contributed by atoms with Crippen LogP contribution in [0.4, 0.5) is 0 Å². The molecule has 0 radical (unpaired) electrons. The van der Waals surface area contributed by atoms with E-state index < -0.39 is 5.60 Å². The highest BCUT2D eigenvalue weighted by Gasteiger charge is 2.37. The van der Waals surface area contributed by atoms with Crippen molar-refractivity contribution in [1.82, 2.24) is 20.3 Å². The largest absolute Gasteiger partial charge is 0.493 e. The van der Waals surface area contributed by atoms with Crippen LogP contribution in [0.1, 0.15) is 31.0 Å². The van der Waals surface area contributed by atoms with Crippen molar-refractivity contribution < 1.29 is 14.6 Å². The molecule has 2 N–H and O–H groups in total. The number of H-pyrrole nitrogens is 1. The zero-order valence-electron chi connectivity index (χ0n) is 14.2. The first-order valence-corrected chi connectivity index (χ1v) is 8.25. The molecule has 0 amide bonds. The van der Waals surface area contributed by atoms with E-state index in [0.29, 0.717) is 25.3 Å². The number of nitrogens with one attached hydrogen (secondary N) is 1. The third kappa shape index (κ3) is 3.52. The summed E-state index contributed by atoms with van der Waals surface area (Å²) in [5.41, 5.74) is 0.793. The van der Waals surface area contributed by atoms with Crippen molar-refractivity contribution >= 4 is 0 Å². The highest BCUT2D eigenvalue weighted by atomic mass is 16.5. The molecule has 24 heavy (non-hydrogen) atoms. The van der Waals surface area contributed by atoms with E-state index in [-0.39, 0.29) is 0 Å². The number of rotatable bonds is 6. The average Bonchev–Trinajstić information content (AvgIpc) is 3.11. The summed E-state index contributed by atoms with van der Waals surface area (Å²) in [7, 11) is 1.64. The van der Waals surface area contributed by atoms with Crippen LogP contribution in [0, 0.1) is 0 Å². The lowest BCUT2D eigenvalue weighted by atomic mass is 9.90. The molecule has 2 heterocycles. The first-order valence-electron chi connectivity index (χ1n) is 8.25. The fraction of sp³-hybridized carbons (Fsp3) is 0.529. The second-order valence-corrected chi connectivity index (χ2v) is 6.12. The van der Waals surface area contributed by atoms with Gasteiger partial charge in [-0.05, 0) is 44.0 Å². The Morgan fingerprint density at radius 1 is 1.38 bits per heavy atom.